The normalized spacial score (nSPS) is 17.1. The van der Waals surface area contributed by atoms with Crippen molar-refractivity contribution in [1.29, 1.82) is 0 Å². The van der Waals surface area contributed by atoms with Crippen molar-refractivity contribution in [2.75, 3.05) is 5.32 Å². The van der Waals surface area contributed by atoms with Crippen LogP contribution in [0.1, 0.15) is 84.9 Å². The van der Waals surface area contributed by atoms with Crippen molar-refractivity contribution in [1.82, 2.24) is 15.1 Å². The van der Waals surface area contributed by atoms with Crippen LogP contribution in [0.5, 0.6) is 0 Å². The highest BCUT2D eigenvalue weighted by molar-refractivity contribution is 5.97. The lowest BCUT2D eigenvalue weighted by Crippen LogP contribution is -2.48. The molecule has 1 heterocycles. The predicted molar refractivity (Wildman–Crippen MR) is 135 cm³/mol. The Bertz CT molecular complexity index is 985. The Balaban J connectivity index is 1.75. The lowest BCUT2D eigenvalue weighted by molar-refractivity contribution is -0.135. The molecule has 3 N–H and O–H groups in total. The molecule has 186 valence electrons. The van der Waals surface area contributed by atoms with Gasteiger partial charge in [0.2, 0.25) is 11.8 Å². The van der Waals surface area contributed by atoms with Crippen molar-refractivity contribution in [3.63, 3.8) is 0 Å². The van der Waals surface area contributed by atoms with E-state index < -0.39 is 18.1 Å². The van der Waals surface area contributed by atoms with Gasteiger partial charge in [0, 0.05) is 11.5 Å². The highest BCUT2D eigenvalue weighted by Gasteiger charge is 2.32. The second-order valence-corrected chi connectivity index (χ2v) is 11.1. The second-order valence-electron chi connectivity index (χ2n) is 11.1. The van der Waals surface area contributed by atoms with Crippen LogP contribution in [0.25, 0.3) is 0 Å². The van der Waals surface area contributed by atoms with Gasteiger partial charge >= 0.3 is 0 Å². The number of carbonyl (C=O) groups is 2. The molecule has 34 heavy (non-hydrogen) atoms. The Morgan fingerprint density at radius 2 is 1.65 bits per heavy atom. The molecule has 7 nitrogen and oxygen atoms in total. The smallest absolute Gasteiger partial charge is 0.249 e. The van der Waals surface area contributed by atoms with E-state index in [0.717, 1.165) is 43.4 Å². The molecule has 1 fully saturated rings. The molecule has 1 aliphatic rings. The van der Waals surface area contributed by atoms with Crippen LogP contribution >= 0.6 is 0 Å². The Hall–Kier alpha value is -2.67. The number of amides is 2. The molecule has 3 rings (SSSR count). The van der Waals surface area contributed by atoms with Gasteiger partial charge in [0.15, 0.2) is 0 Å². The molecule has 0 bridgehead atoms. The van der Waals surface area contributed by atoms with Gasteiger partial charge in [0.05, 0.1) is 11.2 Å². The van der Waals surface area contributed by atoms with Crippen LogP contribution in [0.4, 0.5) is 5.82 Å². The SMILES string of the molecule is C[C@H](NC(=O)[C@@H](O)C1CCCCC1)C(=O)Nc1cc(C(C)(C)c2ccccc2)nn1C(C)(C)C. The zero-order valence-corrected chi connectivity index (χ0v) is 21.4. The summed E-state index contributed by atoms with van der Waals surface area (Å²) in [6, 6.07) is 11.3. The maximum atomic E-state index is 13.0. The van der Waals surface area contributed by atoms with Crippen molar-refractivity contribution >= 4 is 17.6 Å². The lowest BCUT2D eigenvalue weighted by atomic mass is 9.82. The summed E-state index contributed by atoms with van der Waals surface area (Å²) in [7, 11) is 0. The quantitative estimate of drug-likeness (QED) is 0.563. The third-order valence-electron chi connectivity index (χ3n) is 6.85. The van der Waals surface area contributed by atoms with Crippen molar-refractivity contribution < 1.29 is 14.7 Å². The van der Waals surface area contributed by atoms with E-state index in [4.69, 9.17) is 5.10 Å². The average Bonchev–Trinajstić information content (AvgIpc) is 3.25. The maximum absolute atomic E-state index is 13.0. The molecular formula is C27H40N4O3. The number of aliphatic hydroxyl groups excluding tert-OH is 1. The Morgan fingerprint density at radius 1 is 1.03 bits per heavy atom. The second kappa shape index (κ2) is 10.3. The summed E-state index contributed by atoms with van der Waals surface area (Å²) in [6.07, 6.45) is 3.83. The molecular weight excluding hydrogens is 428 g/mol. The molecule has 1 aromatic carbocycles. The van der Waals surface area contributed by atoms with E-state index in [1.807, 2.05) is 49.7 Å². The molecule has 2 atom stereocenters. The average molecular weight is 469 g/mol. The van der Waals surface area contributed by atoms with Crippen LogP contribution in [-0.2, 0) is 20.5 Å². The summed E-state index contributed by atoms with van der Waals surface area (Å²) in [5.74, 6) is -0.289. The first kappa shape index (κ1) is 25.9. The number of rotatable bonds is 7. The molecule has 1 aromatic heterocycles. The highest BCUT2D eigenvalue weighted by atomic mass is 16.3. The third-order valence-corrected chi connectivity index (χ3v) is 6.85. The van der Waals surface area contributed by atoms with E-state index in [1.54, 1.807) is 6.92 Å². The minimum Gasteiger partial charge on any atom is -0.383 e. The number of aromatic nitrogens is 2. The minimum absolute atomic E-state index is 0.0332. The topological polar surface area (TPSA) is 96.2 Å². The van der Waals surface area contributed by atoms with Crippen molar-refractivity contribution in [3.8, 4) is 0 Å². The Morgan fingerprint density at radius 3 is 2.24 bits per heavy atom. The summed E-state index contributed by atoms with van der Waals surface area (Å²) >= 11 is 0. The van der Waals surface area contributed by atoms with Gasteiger partial charge < -0.3 is 15.7 Å². The molecule has 1 aliphatic carbocycles. The highest BCUT2D eigenvalue weighted by Crippen LogP contribution is 2.34. The van der Waals surface area contributed by atoms with E-state index >= 15 is 0 Å². The lowest BCUT2D eigenvalue weighted by Gasteiger charge is -2.27. The van der Waals surface area contributed by atoms with Gasteiger partial charge in [0.25, 0.3) is 0 Å². The standard InChI is InChI=1S/C27H40N4O3/c1-18(28-25(34)23(32)19-13-9-7-10-14-19)24(33)29-22-17-21(30-31(22)26(2,3)4)27(5,6)20-15-11-8-12-16-20/h8,11-12,15-19,23,32H,7,9-10,13-14H2,1-6H3,(H,28,34)(H,29,33)/t18-,23-/m0/s1. The monoisotopic (exact) mass is 468 g/mol. The summed E-state index contributed by atoms with van der Waals surface area (Å²) in [5.41, 5.74) is 1.25. The Kier molecular flexibility index (Phi) is 7.86. The van der Waals surface area contributed by atoms with Gasteiger partial charge in [-0.25, -0.2) is 4.68 Å². The first-order chi connectivity index (χ1) is 15.9. The van der Waals surface area contributed by atoms with Crippen LogP contribution < -0.4 is 10.6 Å². The van der Waals surface area contributed by atoms with Crippen molar-refractivity contribution in [2.45, 2.75) is 96.7 Å². The zero-order chi connectivity index (χ0) is 25.1. The number of carbonyl (C=O) groups excluding carboxylic acids is 2. The van der Waals surface area contributed by atoms with Gasteiger partial charge in [0.1, 0.15) is 18.0 Å². The molecule has 2 amide bonds. The molecule has 0 aliphatic heterocycles. The van der Waals surface area contributed by atoms with E-state index in [-0.39, 0.29) is 22.8 Å². The molecule has 0 spiro atoms. The predicted octanol–water partition coefficient (Wildman–Crippen LogP) is 4.35. The van der Waals surface area contributed by atoms with E-state index in [2.05, 4.69) is 36.6 Å². The fourth-order valence-corrected chi connectivity index (χ4v) is 4.55. The number of nitrogens with one attached hydrogen (secondary N) is 2. The van der Waals surface area contributed by atoms with Crippen molar-refractivity contribution in [2.24, 2.45) is 5.92 Å². The fourth-order valence-electron chi connectivity index (χ4n) is 4.55. The molecule has 7 heteroatoms. The summed E-state index contributed by atoms with van der Waals surface area (Å²) in [5, 5.41) is 21.0. The molecule has 0 unspecified atom stereocenters. The first-order valence-corrected chi connectivity index (χ1v) is 12.4. The van der Waals surface area contributed by atoms with E-state index in [1.165, 1.54) is 0 Å². The van der Waals surface area contributed by atoms with Gasteiger partial charge in [-0.3, -0.25) is 9.59 Å². The number of hydrogen-bond acceptors (Lipinski definition) is 4. The molecule has 1 saturated carbocycles. The minimum atomic E-state index is -1.08. The van der Waals surface area contributed by atoms with E-state index in [0.29, 0.717) is 5.82 Å². The zero-order valence-electron chi connectivity index (χ0n) is 21.4. The maximum Gasteiger partial charge on any atom is 0.249 e. The van der Waals surface area contributed by atoms with E-state index in [9.17, 15) is 14.7 Å². The van der Waals surface area contributed by atoms with Crippen LogP contribution in [0.15, 0.2) is 36.4 Å². The summed E-state index contributed by atoms with van der Waals surface area (Å²) < 4.78 is 1.82. The molecule has 2 aromatic rings. The largest absolute Gasteiger partial charge is 0.383 e. The van der Waals surface area contributed by atoms with Crippen LogP contribution in [0, 0.1) is 5.92 Å². The fraction of sp³-hybridized carbons (Fsp3) is 0.593. The molecule has 0 saturated heterocycles. The molecule has 0 radical (unpaired) electrons. The summed E-state index contributed by atoms with van der Waals surface area (Å²) in [6.45, 7) is 11.9. The van der Waals surface area contributed by atoms with Gasteiger partial charge in [-0.15, -0.1) is 0 Å². The van der Waals surface area contributed by atoms with Gasteiger partial charge in [-0.05, 0) is 52.0 Å². The number of aliphatic hydroxyl groups is 1. The number of hydrogen-bond donors (Lipinski definition) is 3. The third kappa shape index (κ3) is 5.87. The van der Waals surface area contributed by atoms with Gasteiger partial charge in [-0.1, -0.05) is 63.4 Å². The number of anilines is 1. The van der Waals surface area contributed by atoms with Crippen LogP contribution in [0.3, 0.4) is 0 Å². The first-order valence-electron chi connectivity index (χ1n) is 12.4. The number of benzene rings is 1. The number of nitrogens with zero attached hydrogens (tertiary/aromatic N) is 2. The van der Waals surface area contributed by atoms with Crippen LogP contribution in [0.2, 0.25) is 0 Å². The van der Waals surface area contributed by atoms with Crippen LogP contribution in [-0.4, -0.2) is 38.8 Å². The summed E-state index contributed by atoms with van der Waals surface area (Å²) in [4.78, 5) is 25.6. The van der Waals surface area contributed by atoms with Gasteiger partial charge in [-0.2, -0.15) is 5.10 Å². The Labute approximate surface area is 203 Å². The van der Waals surface area contributed by atoms with Crippen molar-refractivity contribution in [3.05, 3.63) is 47.7 Å².